The van der Waals surface area contributed by atoms with Gasteiger partial charge in [-0.2, -0.15) is 0 Å². The van der Waals surface area contributed by atoms with Gasteiger partial charge in [-0.3, -0.25) is 4.79 Å². The summed E-state index contributed by atoms with van der Waals surface area (Å²) in [5, 5.41) is 0.0349. The largest absolute Gasteiger partial charge is 0.369 e. The molecule has 82 valence electrons. The number of carbonyl (C=O) groups is 1. The zero-order chi connectivity index (χ0) is 11.4. The molecule has 1 amide bonds. The monoisotopic (exact) mass is 230 g/mol. The molecule has 0 saturated carbocycles. The number of hydrogen-bond donors (Lipinski definition) is 2. The second-order valence-electron chi connectivity index (χ2n) is 3.29. The minimum atomic E-state index is -0.483. The SMILES string of the molecule is NCC(Cc1ccc(F)c(Cl)c1)C(N)=O. The second-order valence-corrected chi connectivity index (χ2v) is 3.69. The van der Waals surface area contributed by atoms with Gasteiger partial charge in [0, 0.05) is 6.54 Å². The van der Waals surface area contributed by atoms with Crippen molar-refractivity contribution in [1.82, 2.24) is 0 Å². The van der Waals surface area contributed by atoms with Gasteiger partial charge in [0.05, 0.1) is 10.9 Å². The molecule has 0 radical (unpaired) electrons. The van der Waals surface area contributed by atoms with Crippen molar-refractivity contribution < 1.29 is 9.18 Å². The summed E-state index contributed by atoms with van der Waals surface area (Å²) >= 11 is 5.60. The Morgan fingerprint density at radius 2 is 2.20 bits per heavy atom. The van der Waals surface area contributed by atoms with Crippen molar-refractivity contribution in [1.29, 1.82) is 0 Å². The van der Waals surface area contributed by atoms with E-state index in [1.165, 1.54) is 12.1 Å². The van der Waals surface area contributed by atoms with E-state index in [9.17, 15) is 9.18 Å². The molecule has 4 N–H and O–H groups in total. The van der Waals surface area contributed by atoms with Gasteiger partial charge in [-0.05, 0) is 24.1 Å². The highest BCUT2D eigenvalue weighted by molar-refractivity contribution is 6.30. The minimum Gasteiger partial charge on any atom is -0.369 e. The maximum atomic E-state index is 12.8. The van der Waals surface area contributed by atoms with Gasteiger partial charge in [0.25, 0.3) is 0 Å². The van der Waals surface area contributed by atoms with E-state index in [0.717, 1.165) is 5.56 Å². The van der Waals surface area contributed by atoms with E-state index in [0.29, 0.717) is 6.42 Å². The number of nitrogens with two attached hydrogens (primary N) is 2. The fourth-order valence-corrected chi connectivity index (χ4v) is 1.45. The Hall–Kier alpha value is -1.13. The molecular formula is C10H12ClFN2O. The molecule has 5 heteroatoms. The van der Waals surface area contributed by atoms with Gasteiger partial charge >= 0.3 is 0 Å². The Bertz CT molecular complexity index is 370. The molecule has 0 aliphatic carbocycles. The van der Waals surface area contributed by atoms with Crippen LogP contribution < -0.4 is 11.5 Å². The first-order valence-corrected chi connectivity index (χ1v) is 4.85. The first-order valence-electron chi connectivity index (χ1n) is 4.48. The zero-order valence-corrected chi connectivity index (χ0v) is 8.80. The van der Waals surface area contributed by atoms with Gasteiger partial charge in [-0.25, -0.2) is 4.39 Å². The van der Waals surface area contributed by atoms with E-state index >= 15 is 0 Å². The molecule has 1 aromatic carbocycles. The molecule has 0 saturated heterocycles. The Kier molecular flexibility index (Phi) is 4.05. The average Bonchev–Trinajstić information content (AvgIpc) is 2.19. The molecule has 0 aliphatic rings. The van der Waals surface area contributed by atoms with Crippen LogP contribution in [0.5, 0.6) is 0 Å². The summed E-state index contributed by atoms with van der Waals surface area (Å²) in [5.74, 6) is -1.38. The summed E-state index contributed by atoms with van der Waals surface area (Å²) in [6.45, 7) is 0.171. The van der Waals surface area contributed by atoms with E-state index in [2.05, 4.69) is 0 Å². The molecule has 1 rings (SSSR count). The third kappa shape index (κ3) is 3.18. The number of benzene rings is 1. The average molecular weight is 231 g/mol. The lowest BCUT2D eigenvalue weighted by Gasteiger charge is -2.10. The predicted octanol–water partition coefficient (Wildman–Crippen LogP) is 1.08. The van der Waals surface area contributed by atoms with Crippen LogP contribution in [0.25, 0.3) is 0 Å². The van der Waals surface area contributed by atoms with Crippen molar-refractivity contribution in [3.63, 3.8) is 0 Å². The molecule has 0 aromatic heterocycles. The van der Waals surface area contributed by atoms with E-state index in [1.807, 2.05) is 0 Å². The topological polar surface area (TPSA) is 69.1 Å². The molecular weight excluding hydrogens is 219 g/mol. The number of halogens is 2. The summed E-state index contributed by atoms with van der Waals surface area (Å²) in [4.78, 5) is 10.9. The van der Waals surface area contributed by atoms with Crippen molar-refractivity contribution in [2.75, 3.05) is 6.54 Å². The van der Waals surface area contributed by atoms with E-state index in [1.54, 1.807) is 6.07 Å². The van der Waals surface area contributed by atoms with Gasteiger partial charge in [-0.1, -0.05) is 17.7 Å². The Labute approximate surface area is 92.2 Å². The maximum Gasteiger partial charge on any atom is 0.222 e. The van der Waals surface area contributed by atoms with Crippen LogP contribution in [0.3, 0.4) is 0 Å². The van der Waals surface area contributed by atoms with Crippen LogP contribution in [0.2, 0.25) is 5.02 Å². The van der Waals surface area contributed by atoms with Crippen molar-refractivity contribution in [2.24, 2.45) is 17.4 Å². The van der Waals surface area contributed by atoms with Crippen molar-refractivity contribution in [3.8, 4) is 0 Å². The van der Waals surface area contributed by atoms with Gasteiger partial charge in [0.15, 0.2) is 0 Å². The first-order chi connectivity index (χ1) is 7.04. The zero-order valence-electron chi connectivity index (χ0n) is 8.04. The number of hydrogen-bond acceptors (Lipinski definition) is 2. The lowest BCUT2D eigenvalue weighted by Crippen LogP contribution is -2.31. The molecule has 3 nitrogen and oxygen atoms in total. The molecule has 1 aromatic rings. The summed E-state index contributed by atoms with van der Waals surface area (Å²) in [6.07, 6.45) is 0.381. The van der Waals surface area contributed by atoms with Crippen molar-refractivity contribution >= 4 is 17.5 Å². The normalized spacial score (nSPS) is 12.5. The van der Waals surface area contributed by atoms with E-state index in [-0.39, 0.29) is 11.6 Å². The fourth-order valence-electron chi connectivity index (χ4n) is 1.25. The van der Waals surface area contributed by atoms with Crippen LogP contribution in [0, 0.1) is 11.7 Å². The third-order valence-electron chi connectivity index (χ3n) is 2.15. The number of amides is 1. The highest BCUT2D eigenvalue weighted by atomic mass is 35.5. The highest BCUT2D eigenvalue weighted by Crippen LogP contribution is 2.18. The third-order valence-corrected chi connectivity index (χ3v) is 2.44. The summed E-state index contributed by atoms with van der Waals surface area (Å²) < 4.78 is 12.8. The highest BCUT2D eigenvalue weighted by Gasteiger charge is 2.14. The molecule has 0 spiro atoms. The van der Waals surface area contributed by atoms with Crippen LogP contribution in [-0.4, -0.2) is 12.5 Å². The smallest absolute Gasteiger partial charge is 0.222 e. The quantitative estimate of drug-likeness (QED) is 0.813. The second kappa shape index (κ2) is 5.09. The minimum absolute atomic E-state index is 0.0349. The summed E-state index contributed by atoms with van der Waals surface area (Å²) in [5.41, 5.74) is 11.3. The molecule has 1 unspecified atom stereocenters. The summed E-state index contributed by atoms with van der Waals surface area (Å²) in [6, 6.07) is 4.29. The van der Waals surface area contributed by atoms with Crippen molar-refractivity contribution in [3.05, 3.63) is 34.6 Å². The van der Waals surface area contributed by atoms with Gasteiger partial charge < -0.3 is 11.5 Å². The lowest BCUT2D eigenvalue weighted by molar-refractivity contribution is -0.121. The van der Waals surface area contributed by atoms with Crippen molar-refractivity contribution in [2.45, 2.75) is 6.42 Å². The fraction of sp³-hybridized carbons (Fsp3) is 0.300. The molecule has 0 aliphatic heterocycles. The molecule has 15 heavy (non-hydrogen) atoms. The Morgan fingerprint density at radius 3 is 2.67 bits per heavy atom. The molecule has 0 heterocycles. The van der Waals surface area contributed by atoms with Crippen LogP contribution in [-0.2, 0) is 11.2 Å². The van der Waals surface area contributed by atoms with Gasteiger partial charge in [0.2, 0.25) is 5.91 Å². The van der Waals surface area contributed by atoms with Crippen LogP contribution >= 0.6 is 11.6 Å². The number of rotatable bonds is 4. The maximum absolute atomic E-state index is 12.8. The Balaban J connectivity index is 2.80. The van der Waals surface area contributed by atoms with Gasteiger partial charge in [0.1, 0.15) is 5.82 Å². The van der Waals surface area contributed by atoms with E-state index < -0.39 is 17.6 Å². The predicted molar refractivity (Wildman–Crippen MR) is 56.9 cm³/mol. The lowest BCUT2D eigenvalue weighted by atomic mass is 9.99. The molecule has 1 atom stereocenters. The Morgan fingerprint density at radius 1 is 1.53 bits per heavy atom. The number of carbonyl (C=O) groups excluding carboxylic acids is 1. The molecule has 0 fully saturated rings. The summed E-state index contributed by atoms with van der Waals surface area (Å²) in [7, 11) is 0. The molecule has 0 bridgehead atoms. The van der Waals surface area contributed by atoms with Crippen LogP contribution in [0.4, 0.5) is 4.39 Å². The van der Waals surface area contributed by atoms with Crippen LogP contribution in [0.15, 0.2) is 18.2 Å². The first kappa shape index (κ1) is 11.9. The van der Waals surface area contributed by atoms with Crippen LogP contribution in [0.1, 0.15) is 5.56 Å². The van der Waals surface area contributed by atoms with E-state index in [4.69, 9.17) is 23.1 Å². The number of primary amides is 1. The standard InChI is InChI=1S/C10H12ClFN2O/c11-8-4-6(1-2-9(8)12)3-7(5-13)10(14)15/h1-2,4,7H,3,5,13H2,(H2,14,15). The van der Waals surface area contributed by atoms with Gasteiger partial charge in [-0.15, -0.1) is 0 Å².